The van der Waals surface area contributed by atoms with E-state index in [9.17, 15) is 15.0 Å². The Morgan fingerprint density at radius 2 is 2.09 bits per heavy atom. The number of nitrogens with two attached hydrogens (primary N) is 1. The van der Waals surface area contributed by atoms with Crippen LogP contribution in [-0.2, 0) is 6.42 Å². The topological polar surface area (TPSA) is 86.8 Å². The Morgan fingerprint density at radius 3 is 2.73 bits per heavy atom. The minimum Gasteiger partial charge on any atom is -0.507 e. The molecule has 0 heterocycles. The summed E-state index contributed by atoms with van der Waals surface area (Å²) in [6, 6.07) is 3.49. The monoisotopic (exact) mass is 304 g/mol. The van der Waals surface area contributed by atoms with Gasteiger partial charge in [0.2, 0.25) is 0 Å². The number of fused-ring (bicyclic) bond motifs is 3. The third-order valence-corrected chi connectivity index (χ3v) is 5.46. The van der Waals surface area contributed by atoms with Crippen LogP contribution in [-0.4, -0.2) is 46.8 Å². The molecule has 1 amide bonds. The summed E-state index contributed by atoms with van der Waals surface area (Å²) in [4.78, 5) is 13.6. The molecular formula is C17H24N2O3. The van der Waals surface area contributed by atoms with Gasteiger partial charge < -0.3 is 20.8 Å². The van der Waals surface area contributed by atoms with Gasteiger partial charge >= 0.3 is 0 Å². The van der Waals surface area contributed by atoms with Gasteiger partial charge in [0, 0.05) is 17.5 Å². The van der Waals surface area contributed by atoms with Crippen LogP contribution in [0, 0.1) is 0 Å². The third kappa shape index (κ3) is 2.11. The minimum atomic E-state index is -0.859. The molecule has 3 atom stereocenters. The molecule has 2 aliphatic rings. The first-order valence-electron chi connectivity index (χ1n) is 7.89. The van der Waals surface area contributed by atoms with Gasteiger partial charge in [-0.15, -0.1) is 0 Å². The summed E-state index contributed by atoms with van der Waals surface area (Å²) in [5.41, 5.74) is 6.39. The largest absolute Gasteiger partial charge is 0.507 e. The first kappa shape index (κ1) is 15.3. The zero-order valence-corrected chi connectivity index (χ0v) is 13.2. The lowest BCUT2D eigenvalue weighted by Crippen LogP contribution is -2.58. The van der Waals surface area contributed by atoms with Crippen LogP contribution in [0.25, 0.3) is 0 Å². The summed E-state index contributed by atoms with van der Waals surface area (Å²) in [5, 5.41) is 21.9. The Kier molecular flexibility index (Phi) is 3.65. The number of hydrogen-bond donors (Lipinski definition) is 3. The van der Waals surface area contributed by atoms with E-state index in [1.807, 2.05) is 20.2 Å². The summed E-state index contributed by atoms with van der Waals surface area (Å²) in [6.45, 7) is 0. The number of carbonyl (C=O) groups excluding carboxylic acids is 1. The van der Waals surface area contributed by atoms with Crippen LogP contribution in [0.15, 0.2) is 12.1 Å². The van der Waals surface area contributed by atoms with E-state index < -0.39 is 11.5 Å². The second-order valence-corrected chi connectivity index (χ2v) is 6.87. The van der Waals surface area contributed by atoms with Gasteiger partial charge in [-0.2, -0.15) is 0 Å². The van der Waals surface area contributed by atoms with Crippen molar-refractivity contribution in [1.29, 1.82) is 0 Å². The zero-order chi connectivity index (χ0) is 16.1. The molecule has 1 saturated carbocycles. The van der Waals surface area contributed by atoms with Crippen molar-refractivity contribution in [3.05, 3.63) is 28.8 Å². The SMILES string of the molecule is CN(C)[C@@H]1Cc2ccc(C(N)=O)c(O)c2C2CCCC[C@]21O. The summed E-state index contributed by atoms with van der Waals surface area (Å²) in [7, 11) is 3.97. The molecule has 3 rings (SSSR count). The van der Waals surface area contributed by atoms with Gasteiger partial charge in [0.05, 0.1) is 11.2 Å². The van der Waals surface area contributed by atoms with Crippen molar-refractivity contribution in [2.75, 3.05) is 14.1 Å². The average molecular weight is 304 g/mol. The van der Waals surface area contributed by atoms with Gasteiger partial charge in [-0.05, 0) is 45.0 Å². The van der Waals surface area contributed by atoms with Crippen molar-refractivity contribution in [3.8, 4) is 5.75 Å². The highest BCUT2D eigenvalue weighted by Crippen LogP contribution is 2.52. The lowest BCUT2D eigenvalue weighted by atomic mass is 9.62. The molecule has 1 unspecified atom stereocenters. The van der Waals surface area contributed by atoms with Crippen molar-refractivity contribution < 1.29 is 15.0 Å². The van der Waals surface area contributed by atoms with E-state index in [4.69, 9.17) is 5.73 Å². The maximum Gasteiger partial charge on any atom is 0.252 e. The standard InChI is InChI=1S/C17H24N2O3/c1-19(2)13-9-10-6-7-11(16(18)21)15(20)14(10)12-5-3-4-8-17(12,13)22/h6-7,12-13,20,22H,3-5,8-9H2,1-2H3,(H2,18,21)/t12?,13-,17+/m1/s1. The molecule has 2 aliphatic carbocycles. The van der Waals surface area contributed by atoms with Crippen LogP contribution in [0.3, 0.4) is 0 Å². The van der Waals surface area contributed by atoms with Gasteiger partial charge in [0.25, 0.3) is 5.91 Å². The molecule has 0 aliphatic heterocycles. The van der Waals surface area contributed by atoms with Crippen molar-refractivity contribution >= 4 is 5.91 Å². The average Bonchev–Trinajstić information content (AvgIpc) is 2.45. The molecule has 120 valence electrons. The van der Waals surface area contributed by atoms with Crippen molar-refractivity contribution in [1.82, 2.24) is 4.90 Å². The number of rotatable bonds is 2. The number of nitrogens with zero attached hydrogens (tertiary/aromatic N) is 1. The van der Waals surface area contributed by atoms with Gasteiger partial charge in [-0.25, -0.2) is 0 Å². The van der Waals surface area contributed by atoms with E-state index in [2.05, 4.69) is 4.90 Å². The van der Waals surface area contributed by atoms with Crippen molar-refractivity contribution in [2.24, 2.45) is 5.73 Å². The third-order valence-electron chi connectivity index (χ3n) is 5.46. The predicted octanol–water partition coefficient (Wildman–Crippen LogP) is 1.37. The molecule has 1 aromatic rings. The molecule has 22 heavy (non-hydrogen) atoms. The highest BCUT2D eigenvalue weighted by atomic mass is 16.3. The maximum atomic E-state index is 11.5. The predicted molar refractivity (Wildman–Crippen MR) is 84.0 cm³/mol. The molecule has 4 N–H and O–H groups in total. The number of benzene rings is 1. The second kappa shape index (κ2) is 5.25. The number of primary amides is 1. The van der Waals surface area contributed by atoms with E-state index in [1.54, 1.807) is 6.07 Å². The number of carbonyl (C=O) groups is 1. The van der Waals surface area contributed by atoms with E-state index in [0.717, 1.165) is 36.8 Å². The Labute approximate surface area is 130 Å². The van der Waals surface area contributed by atoms with Crippen molar-refractivity contribution in [2.45, 2.75) is 49.7 Å². The number of phenols is 1. The Hall–Kier alpha value is -1.59. The van der Waals surface area contributed by atoms with Crippen molar-refractivity contribution in [3.63, 3.8) is 0 Å². The van der Waals surface area contributed by atoms with E-state index in [1.165, 1.54) is 0 Å². The fraction of sp³-hybridized carbons (Fsp3) is 0.588. The quantitative estimate of drug-likeness (QED) is 0.770. The lowest BCUT2D eigenvalue weighted by Gasteiger charge is -2.51. The number of likely N-dealkylation sites (N-methyl/N-ethyl adjacent to an activating group) is 1. The zero-order valence-electron chi connectivity index (χ0n) is 13.2. The summed E-state index contributed by atoms with van der Waals surface area (Å²) >= 11 is 0. The molecule has 1 aromatic carbocycles. The highest BCUT2D eigenvalue weighted by molar-refractivity contribution is 5.96. The highest BCUT2D eigenvalue weighted by Gasteiger charge is 2.51. The molecular weight excluding hydrogens is 280 g/mol. The molecule has 0 aromatic heterocycles. The molecule has 0 bridgehead atoms. The molecule has 0 radical (unpaired) electrons. The number of amides is 1. The molecule has 5 nitrogen and oxygen atoms in total. The van der Waals surface area contributed by atoms with Crippen LogP contribution < -0.4 is 5.73 Å². The number of hydrogen-bond acceptors (Lipinski definition) is 4. The molecule has 5 heteroatoms. The van der Waals surface area contributed by atoms with E-state index >= 15 is 0 Å². The fourth-order valence-corrected chi connectivity index (χ4v) is 4.40. The first-order valence-corrected chi connectivity index (χ1v) is 7.89. The fourth-order valence-electron chi connectivity index (χ4n) is 4.40. The van der Waals surface area contributed by atoms with Gasteiger partial charge in [0.15, 0.2) is 0 Å². The number of aromatic hydroxyl groups is 1. The number of aliphatic hydroxyl groups is 1. The minimum absolute atomic E-state index is 0.0177. The van der Waals surface area contributed by atoms with E-state index in [0.29, 0.717) is 6.42 Å². The molecule has 1 fully saturated rings. The van der Waals surface area contributed by atoms with Crippen LogP contribution in [0.1, 0.15) is 53.1 Å². The Balaban J connectivity index is 2.18. The summed E-state index contributed by atoms with van der Waals surface area (Å²) < 4.78 is 0. The van der Waals surface area contributed by atoms with E-state index in [-0.39, 0.29) is 23.3 Å². The Bertz CT molecular complexity index is 614. The van der Waals surface area contributed by atoms with Crippen LogP contribution in [0.4, 0.5) is 0 Å². The molecule has 0 spiro atoms. The van der Waals surface area contributed by atoms with Crippen LogP contribution in [0.2, 0.25) is 0 Å². The van der Waals surface area contributed by atoms with Gasteiger partial charge in [-0.3, -0.25) is 4.79 Å². The summed E-state index contributed by atoms with van der Waals surface area (Å²) in [6.07, 6.45) is 4.22. The maximum absolute atomic E-state index is 11.5. The first-order chi connectivity index (χ1) is 10.4. The normalized spacial score (nSPS) is 30.7. The Morgan fingerprint density at radius 1 is 1.36 bits per heavy atom. The van der Waals surface area contributed by atoms with Crippen LogP contribution in [0.5, 0.6) is 5.75 Å². The molecule has 0 saturated heterocycles. The smallest absolute Gasteiger partial charge is 0.252 e. The lowest BCUT2D eigenvalue weighted by molar-refractivity contribution is -0.0839. The second-order valence-electron chi connectivity index (χ2n) is 6.87. The van der Waals surface area contributed by atoms with Gasteiger partial charge in [-0.1, -0.05) is 18.9 Å². The van der Waals surface area contributed by atoms with Crippen LogP contribution >= 0.6 is 0 Å². The van der Waals surface area contributed by atoms with Gasteiger partial charge in [0.1, 0.15) is 5.75 Å². The summed E-state index contributed by atoms with van der Waals surface area (Å²) in [5.74, 6) is -0.807.